The molecule has 0 aliphatic heterocycles. The van der Waals surface area contributed by atoms with Crippen LogP contribution in [0, 0.1) is 0 Å². The molecule has 0 saturated heterocycles. The van der Waals surface area contributed by atoms with Crippen LogP contribution in [-0.4, -0.2) is 18.1 Å². The van der Waals surface area contributed by atoms with Gasteiger partial charge in [-0.3, -0.25) is 0 Å². The number of hydrogen-bond donors (Lipinski definition) is 1. The van der Waals surface area contributed by atoms with Gasteiger partial charge in [-0.2, -0.15) is 0 Å². The molecule has 4 heteroatoms. The molecule has 0 fully saturated rings. The molecule has 1 aromatic heterocycles. The normalized spacial score (nSPS) is 13.3. The molecular formula is C12H22N2OS. The second kappa shape index (κ2) is 6.99. The summed E-state index contributed by atoms with van der Waals surface area (Å²) in [4.78, 5) is 5.72. The average molecular weight is 242 g/mol. The van der Waals surface area contributed by atoms with E-state index < -0.39 is 0 Å². The Hall–Kier alpha value is -0.450. The van der Waals surface area contributed by atoms with E-state index in [0.29, 0.717) is 6.04 Å². The molecule has 0 aliphatic carbocycles. The van der Waals surface area contributed by atoms with Crippen molar-refractivity contribution in [2.24, 2.45) is 0 Å². The molecule has 0 spiro atoms. The van der Waals surface area contributed by atoms with Crippen molar-refractivity contribution >= 4 is 11.3 Å². The number of aromatic nitrogens is 1. The molecule has 0 aliphatic rings. The lowest BCUT2D eigenvalue weighted by Crippen LogP contribution is -2.21. The maximum absolute atomic E-state index is 5.44. The van der Waals surface area contributed by atoms with Crippen molar-refractivity contribution in [1.29, 1.82) is 0 Å². The van der Waals surface area contributed by atoms with Crippen molar-refractivity contribution in [3.8, 4) is 0 Å². The zero-order valence-electron chi connectivity index (χ0n) is 10.6. The van der Waals surface area contributed by atoms with Gasteiger partial charge < -0.3 is 10.1 Å². The number of ether oxygens (including phenoxy) is 1. The minimum absolute atomic E-state index is 0.169. The van der Waals surface area contributed by atoms with Gasteiger partial charge in [0.05, 0.1) is 0 Å². The predicted octanol–water partition coefficient (Wildman–Crippen LogP) is 3.13. The molecule has 0 aromatic carbocycles. The SMILES string of the molecule is CCCC(OC)c1ncc(CNC(C)C)s1. The van der Waals surface area contributed by atoms with E-state index >= 15 is 0 Å². The van der Waals surface area contributed by atoms with Crippen LogP contribution in [0.25, 0.3) is 0 Å². The minimum atomic E-state index is 0.169. The highest BCUT2D eigenvalue weighted by Crippen LogP contribution is 2.26. The van der Waals surface area contributed by atoms with Gasteiger partial charge in [0.1, 0.15) is 11.1 Å². The van der Waals surface area contributed by atoms with E-state index in [4.69, 9.17) is 4.74 Å². The summed E-state index contributed by atoms with van der Waals surface area (Å²) in [6.45, 7) is 7.37. The maximum Gasteiger partial charge on any atom is 0.122 e. The number of nitrogens with one attached hydrogen (secondary N) is 1. The quantitative estimate of drug-likeness (QED) is 0.797. The third-order valence-corrected chi connectivity index (χ3v) is 3.46. The summed E-state index contributed by atoms with van der Waals surface area (Å²) in [7, 11) is 1.76. The fourth-order valence-electron chi connectivity index (χ4n) is 1.46. The van der Waals surface area contributed by atoms with E-state index in [0.717, 1.165) is 24.4 Å². The van der Waals surface area contributed by atoms with Crippen LogP contribution in [0.15, 0.2) is 6.20 Å². The molecule has 92 valence electrons. The highest BCUT2D eigenvalue weighted by atomic mass is 32.1. The van der Waals surface area contributed by atoms with E-state index in [1.807, 2.05) is 6.20 Å². The standard InChI is InChI=1S/C12H22N2OS/c1-5-6-11(15-4)12-14-8-10(16-12)7-13-9(2)3/h8-9,11,13H,5-7H2,1-4H3. The van der Waals surface area contributed by atoms with E-state index in [-0.39, 0.29) is 6.10 Å². The lowest BCUT2D eigenvalue weighted by Gasteiger charge is -2.10. The number of hydrogen-bond acceptors (Lipinski definition) is 4. The van der Waals surface area contributed by atoms with Gasteiger partial charge in [0.15, 0.2) is 0 Å². The summed E-state index contributed by atoms with van der Waals surface area (Å²) in [5.41, 5.74) is 0. The molecule has 1 N–H and O–H groups in total. The van der Waals surface area contributed by atoms with Crippen LogP contribution in [0.3, 0.4) is 0 Å². The minimum Gasteiger partial charge on any atom is -0.374 e. The van der Waals surface area contributed by atoms with Gasteiger partial charge >= 0.3 is 0 Å². The monoisotopic (exact) mass is 242 g/mol. The van der Waals surface area contributed by atoms with Crippen LogP contribution in [0.1, 0.15) is 49.6 Å². The Balaban J connectivity index is 2.55. The maximum atomic E-state index is 5.44. The summed E-state index contributed by atoms with van der Waals surface area (Å²) < 4.78 is 5.44. The van der Waals surface area contributed by atoms with Gasteiger partial charge in [-0.1, -0.05) is 27.2 Å². The molecule has 1 unspecified atom stereocenters. The van der Waals surface area contributed by atoms with Gasteiger partial charge in [0.2, 0.25) is 0 Å². The first-order valence-corrected chi connectivity index (χ1v) is 6.69. The average Bonchev–Trinajstić information content (AvgIpc) is 2.71. The van der Waals surface area contributed by atoms with Crippen molar-refractivity contribution in [1.82, 2.24) is 10.3 Å². The van der Waals surface area contributed by atoms with Gasteiger partial charge in [0, 0.05) is 30.8 Å². The lowest BCUT2D eigenvalue weighted by atomic mass is 10.2. The van der Waals surface area contributed by atoms with Gasteiger partial charge in [-0.05, 0) is 6.42 Å². The Morgan fingerprint density at radius 2 is 2.25 bits per heavy atom. The molecule has 16 heavy (non-hydrogen) atoms. The molecule has 3 nitrogen and oxygen atoms in total. The zero-order valence-corrected chi connectivity index (χ0v) is 11.4. The summed E-state index contributed by atoms with van der Waals surface area (Å²) >= 11 is 1.75. The first-order valence-electron chi connectivity index (χ1n) is 5.88. The summed E-state index contributed by atoms with van der Waals surface area (Å²) in [6, 6.07) is 0.513. The van der Waals surface area contributed by atoms with Crippen molar-refractivity contribution in [3.05, 3.63) is 16.1 Å². The summed E-state index contributed by atoms with van der Waals surface area (Å²) in [5.74, 6) is 0. The lowest BCUT2D eigenvalue weighted by molar-refractivity contribution is 0.0947. The highest BCUT2D eigenvalue weighted by molar-refractivity contribution is 7.11. The van der Waals surface area contributed by atoms with Crippen LogP contribution < -0.4 is 5.32 Å². The van der Waals surface area contributed by atoms with Crippen LogP contribution in [-0.2, 0) is 11.3 Å². The Bertz CT molecular complexity index is 299. The van der Waals surface area contributed by atoms with Crippen LogP contribution >= 0.6 is 11.3 Å². The van der Waals surface area contributed by atoms with E-state index in [2.05, 4.69) is 31.1 Å². The summed E-state index contributed by atoms with van der Waals surface area (Å²) in [5, 5.41) is 4.50. The second-order valence-electron chi connectivity index (χ2n) is 4.21. The number of nitrogens with zero attached hydrogens (tertiary/aromatic N) is 1. The molecule has 0 amide bonds. The fourth-order valence-corrected chi connectivity index (χ4v) is 2.44. The number of rotatable bonds is 7. The third kappa shape index (κ3) is 4.20. The largest absolute Gasteiger partial charge is 0.374 e. The van der Waals surface area contributed by atoms with Crippen molar-refractivity contribution in [2.45, 2.75) is 52.3 Å². The summed E-state index contributed by atoms with van der Waals surface area (Å²) in [6.07, 6.45) is 4.29. The van der Waals surface area contributed by atoms with E-state index in [1.54, 1.807) is 18.4 Å². The zero-order chi connectivity index (χ0) is 12.0. The Morgan fingerprint density at radius 3 is 2.81 bits per heavy atom. The van der Waals surface area contributed by atoms with Gasteiger partial charge in [0.25, 0.3) is 0 Å². The smallest absolute Gasteiger partial charge is 0.122 e. The Labute approximate surface area is 102 Å². The predicted molar refractivity (Wildman–Crippen MR) is 68.7 cm³/mol. The Kier molecular flexibility index (Phi) is 5.95. The number of thiazole rings is 1. The first-order chi connectivity index (χ1) is 7.67. The second-order valence-corrected chi connectivity index (χ2v) is 5.36. The van der Waals surface area contributed by atoms with Crippen molar-refractivity contribution in [2.75, 3.05) is 7.11 Å². The first kappa shape index (κ1) is 13.6. The fraction of sp³-hybridized carbons (Fsp3) is 0.750. The number of methoxy groups -OCH3 is 1. The van der Waals surface area contributed by atoms with Crippen LogP contribution in [0.2, 0.25) is 0 Å². The molecule has 1 rings (SSSR count). The third-order valence-electron chi connectivity index (χ3n) is 2.37. The van der Waals surface area contributed by atoms with Gasteiger partial charge in [-0.15, -0.1) is 11.3 Å². The molecule has 0 saturated carbocycles. The highest BCUT2D eigenvalue weighted by Gasteiger charge is 2.13. The van der Waals surface area contributed by atoms with Crippen molar-refractivity contribution in [3.63, 3.8) is 0 Å². The van der Waals surface area contributed by atoms with Crippen molar-refractivity contribution < 1.29 is 4.74 Å². The molecule has 1 aromatic rings. The van der Waals surface area contributed by atoms with Crippen LogP contribution in [0.5, 0.6) is 0 Å². The van der Waals surface area contributed by atoms with Crippen LogP contribution in [0.4, 0.5) is 0 Å². The van der Waals surface area contributed by atoms with E-state index in [9.17, 15) is 0 Å². The molecule has 1 atom stereocenters. The van der Waals surface area contributed by atoms with Gasteiger partial charge in [-0.25, -0.2) is 4.98 Å². The topological polar surface area (TPSA) is 34.1 Å². The Morgan fingerprint density at radius 1 is 1.50 bits per heavy atom. The molecule has 1 heterocycles. The molecule has 0 bridgehead atoms. The molecule has 0 radical (unpaired) electrons. The molecular weight excluding hydrogens is 220 g/mol. The van der Waals surface area contributed by atoms with E-state index in [1.165, 1.54) is 4.88 Å².